The number of benzene rings is 1. The average Bonchev–Trinajstić information content (AvgIpc) is 2.09. The molecule has 0 aliphatic carbocycles. The molecule has 1 rings (SSSR count). The summed E-state index contributed by atoms with van der Waals surface area (Å²) in [4.78, 5) is 0. The van der Waals surface area contributed by atoms with Crippen LogP contribution in [0.15, 0.2) is 18.2 Å². The van der Waals surface area contributed by atoms with Gasteiger partial charge < -0.3 is 0 Å². The molecule has 0 spiro atoms. The van der Waals surface area contributed by atoms with Crippen molar-refractivity contribution in [1.29, 1.82) is 0 Å². The minimum Gasteiger partial charge on any atom is -0.213 e. The van der Waals surface area contributed by atoms with Crippen LogP contribution >= 0.6 is 0 Å². The molecule has 0 heterocycles. The third-order valence-corrected chi connectivity index (χ3v) is 3.27. The molecule has 0 amide bonds. The maximum absolute atomic E-state index is 13.1. The molecule has 0 atom stereocenters. The van der Waals surface area contributed by atoms with Crippen LogP contribution in [0.2, 0.25) is 0 Å². The first-order valence-corrected chi connectivity index (χ1v) is 6.01. The van der Waals surface area contributed by atoms with E-state index in [0.29, 0.717) is 0 Å². The summed E-state index contributed by atoms with van der Waals surface area (Å²) in [6.07, 6.45) is 0.978. The molecule has 0 bridgehead atoms. The summed E-state index contributed by atoms with van der Waals surface area (Å²) in [6.45, 7) is -0.308. The van der Waals surface area contributed by atoms with E-state index in [0.717, 1.165) is 22.7 Å². The van der Waals surface area contributed by atoms with Crippen molar-refractivity contribution in [2.75, 3.05) is 13.3 Å². The second-order valence-corrected chi connectivity index (χ2v) is 5.31. The quantitative estimate of drug-likeness (QED) is 0.793. The average molecular weight is 235 g/mol. The molecule has 15 heavy (non-hydrogen) atoms. The Kier molecular flexibility index (Phi) is 3.41. The summed E-state index contributed by atoms with van der Waals surface area (Å²) in [5.41, 5.74) is -0.245. The van der Waals surface area contributed by atoms with Gasteiger partial charge in [-0.15, -0.1) is 0 Å². The molecule has 3 nitrogen and oxygen atoms in total. The molecule has 6 heteroatoms. The van der Waals surface area contributed by atoms with Crippen LogP contribution in [0.5, 0.6) is 0 Å². The Labute approximate surface area is 87.4 Å². The van der Waals surface area contributed by atoms with E-state index in [4.69, 9.17) is 0 Å². The third-order valence-electron chi connectivity index (χ3n) is 2.01. The van der Waals surface area contributed by atoms with Crippen LogP contribution in [-0.2, 0) is 16.6 Å². The van der Waals surface area contributed by atoms with E-state index in [-0.39, 0.29) is 12.1 Å². The molecule has 0 aliphatic heterocycles. The molecule has 1 aromatic carbocycles. The van der Waals surface area contributed by atoms with Crippen molar-refractivity contribution >= 4 is 10.0 Å². The molecular weight excluding hydrogens is 224 g/mol. The Morgan fingerprint density at radius 3 is 2.13 bits per heavy atom. The van der Waals surface area contributed by atoms with E-state index < -0.39 is 21.7 Å². The van der Waals surface area contributed by atoms with Crippen LogP contribution in [0.1, 0.15) is 5.56 Å². The Balaban J connectivity index is 3.00. The Morgan fingerprint density at radius 1 is 1.27 bits per heavy atom. The van der Waals surface area contributed by atoms with Crippen LogP contribution in [0.4, 0.5) is 8.78 Å². The second kappa shape index (κ2) is 4.24. The fourth-order valence-electron chi connectivity index (χ4n) is 1.02. The fraction of sp³-hybridized carbons (Fsp3) is 0.333. The van der Waals surface area contributed by atoms with Crippen LogP contribution in [0, 0.1) is 11.6 Å². The number of nitrogens with zero attached hydrogens (tertiary/aromatic N) is 1. The van der Waals surface area contributed by atoms with Gasteiger partial charge in [-0.3, -0.25) is 0 Å². The van der Waals surface area contributed by atoms with Gasteiger partial charge in [0.25, 0.3) is 0 Å². The van der Waals surface area contributed by atoms with Crippen molar-refractivity contribution in [3.05, 3.63) is 35.4 Å². The van der Waals surface area contributed by atoms with Crippen LogP contribution in [0.3, 0.4) is 0 Å². The summed E-state index contributed by atoms with van der Waals surface area (Å²) in [6, 6.07) is 3.41. The molecule has 0 N–H and O–H groups in total. The van der Waals surface area contributed by atoms with Crippen molar-refractivity contribution in [2.45, 2.75) is 6.54 Å². The summed E-state index contributed by atoms with van der Waals surface area (Å²) in [7, 11) is -2.17. The van der Waals surface area contributed by atoms with Gasteiger partial charge in [0, 0.05) is 19.2 Å². The SMILES string of the molecule is CN(Cc1c(F)cccc1F)S(C)(=O)=O. The maximum Gasteiger partial charge on any atom is 0.211 e. The first-order valence-electron chi connectivity index (χ1n) is 4.16. The van der Waals surface area contributed by atoms with Gasteiger partial charge in [-0.1, -0.05) is 6.07 Å². The lowest BCUT2D eigenvalue weighted by Gasteiger charge is -2.14. The first kappa shape index (κ1) is 12.1. The lowest BCUT2D eigenvalue weighted by molar-refractivity contribution is 0.446. The smallest absolute Gasteiger partial charge is 0.211 e. The molecule has 0 saturated carbocycles. The zero-order valence-electron chi connectivity index (χ0n) is 8.37. The van der Waals surface area contributed by atoms with Gasteiger partial charge in [0.1, 0.15) is 11.6 Å². The van der Waals surface area contributed by atoms with Gasteiger partial charge in [-0.25, -0.2) is 21.5 Å². The third kappa shape index (κ3) is 2.97. The van der Waals surface area contributed by atoms with Gasteiger partial charge in [-0.2, -0.15) is 0 Å². The highest BCUT2D eigenvalue weighted by atomic mass is 32.2. The monoisotopic (exact) mass is 235 g/mol. The molecule has 0 unspecified atom stereocenters. The molecule has 1 aromatic rings. The van der Waals surface area contributed by atoms with Gasteiger partial charge in [0.15, 0.2) is 0 Å². The molecule has 0 aromatic heterocycles. The number of hydrogen-bond acceptors (Lipinski definition) is 2. The minimum absolute atomic E-state index is 0.245. The molecule has 84 valence electrons. The van der Waals surface area contributed by atoms with E-state index in [2.05, 4.69) is 0 Å². The van der Waals surface area contributed by atoms with E-state index in [1.807, 2.05) is 0 Å². The van der Waals surface area contributed by atoms with Crippen LogP contribution < -0.4 is 0 Å². The van der Waals surface area contributed by atoms with Crippen molar-refractivity contribution in [3.63, 3.8) is 0 Å². The number of halogens is 2. The van der Waals surface area contributed by atoms with Crippen LogP contribution in [0.25, 0.3) is 0 Å². The van der Waals surface area contributed by atoms with Gasteiger partial charge in [-0.05, 0) is 12.1 Å². The standard InChI is InChI=1S/C9H11F2NO2S/c1-12(15(2,13)14)6-7-8(10)4-3-5-9(7)11/h3-5H,6H2,1-2H3. The number of rotatable bonds is 3. The number of hydrogen-bond donors (Lipinski definition) is 0. The van der Waals surface area contributed by atoms with E-state index in [9.17, 15) is 17.2 Å². The summed E-state index contributed by atoms with van der Waals surface area (Å²) < 4.78 is 49.2. The van der Waals surface area contributed by atoms with Gasteiger partial charge in [0.2, 0.25) is 10.0 Å². The molecule has 0 radical (unpaired) electrons. The topological polar surface area (TPSA) is 37.4 Å². The summed E-state index contributed by atoms with van der Waals surface area (Å²) >= 11 is 0. The lowest BCUT2D eigenvalue weighted by atomic mass is 10.2. The number of sulfonamides is 1. The molecule has 0 saturated heterocycles. The van der Waals surface area contributed by atoms with Crippen LogP contribution in [-0.4, -0.2) is 26.0 Å². The Hall–Kier alpha value is -1.01. The second-order valence-electron chi connectivity index (χ2n) is 3.22. The predicted molar refractivity (Wildman–Crippen MR) is 52.7 cm³/mol. The highest BCUT2D eigenvalue weighted by Gasteiger charge is 2.16. The van der Waals surface area contributed by atoms with Crippen molar-refractivity contribution < 1.29 is 17.2 Å². The van der Waals surface area contributed by atoms with E-state index >= 15 is 0 Å². The summed E-state index contributed by atoms with van der Waals surface area (Å²) in [5, 5.41) is 0. The lowest BCUT2D eigenvalue weighted by Crippen LogP contribution is -2.25. The predicted octanol–water partition coefficient (Wildman–Crippen LogP) is 1.36. The van der Waals surface area contributed by atoms with Gasteiger partial charge in [0.05, 0.1) is 6.26 Å². The summed E-state index contributed by atoms with van der Waals surface area (Å²) in [5.74, 6) is -1.49. The van der Waals surface area contributed by atoms with E-state index in [1.54, 1.807) is 0 Å². The van der Waals surface area contributed by atoms with Gasteiger partial charge >= 0.3 is 0 Å². The highest BCUT2D eigenvalue weighted by molar-refractivity contribution is 7.88. The minimum atomic E-state index is -3.43. The fourth-order valence-corrected chi connectivity index (χ4v) is 1.39. The molecule has 0 fully saturated rings. The Morgan fingerprint density at radius 2 is 1.73 bits per heavy atom. The molecule has 0 aliphatic rings. The highest BCUT2D eigenvalue weighted by Crippen LogP contribution is 2.14. The Bertz CT molecular complexity index is 439. The van der Waals surface area contributed by atoms with Crippen molar-refractivity contribution in [2.24, 2.45) is 0 Å². The zero-order valence-corrected chi connectivity index (χ0v) is 9.18. The largest absolute Gasteiger partial charge is 0.213 e. The normalized spacial score (nSPS) is 12.1. The first-order chi connectivity index (χ1) is 6.82. The maximum atomic E-state index is 13.1. The molecular formula is C9H11F2NO2S. The van der Waals surface area contributed by atoms with Crippen molar-refractivity contribution in [1.82, 2.24) is 4.31 Å². The van der Waals surface area contributed by atoms with E-state index in [1.165, 1.54) is 13.1 Å². The zero-order chi connectivity index (χ0) is 11.6. The van der Waals surface area contributed by atoms with Crippen molar-refractivity contribution in [3.8, 4) is 0 Å².